The third-order valence-electron chi connectivity index (χ3n) is 3.50. The Balaban J connectivity index is 2.31. The zero-order chi connectivity index (χ0) is 19.3. The van der Waals surface area contributed by atoms with Crippen LogP contribution in [0.3, 0.4) is 0 Å². The minimum absolute atomic E-state index is 0.170. The summed E-state index contributed by atoms with van der Waals surface area (Å²) in [7, 11) is 0. The first kappa shape index (κ1) is 18.4. The van der Waals surface area contributed by atoms with Gasteiger partial charge in [-0.3, -0.25) is 10.2 Å². The molecule has 8 nitrogen and oxygen atoms in total. The number of carbonyl (C=O) groups excluding carboxylic acids is 1. The average molecular weight is 348 g/mol. The van der Waals surface area contributed by atoms with Crippen LogP contribution in [0.4, 0.5) is 11.4 Å². The molecule has 130 valence electrons. The van der Waals surface area contributed by atoms with Gasteiger partial charge in [-0.25, -0.2) is 4.98 Å². The number of aryl methyl sites for hydroxylation is 1. The number of nitrogen functional groups attached to an aromatic ring is 1. The van der Waals surface area contributed by atoms with Gasteiger partial charge in [-0.1, -0.05) is 0 Å². The summed E-state index contributed by atoms with van der Waals surface area (Å²) in [6.45, 7) is 1.67. The molecule has 2 aromatic rings. The molecule has 1 aromatic carbocycles. The second-order valence-corrected chi connectivity index (χ2v) is 5.35. The topological polar surface area (TPSA) is 160 Å². The maximum atomic E-state index is 12.4. The van der Waals surface area contributed by atoms with Crippen molar-refractivity contribution in [1.29, 1.82) is 16.1 Å². The van der Waals surface area contributed by atoms with E-state index in [-0.39, 0.29) is 22.7 Å². The molecule has 0 aliphatic rings. The van der Waals surface area contributed by atoms with Crippen molar-refractivity contribution < 1.29 is 9.90 Å². The number of rotatable bonds is 5. The van der Waals surface area contributed by atoms with Crippen molar-refractivity contribution in [2.24, 2.45) is 0 Å². The molecule has 1 aromatic heterocycles. The van der Waals surface area contributed by atoms with Gasteiger partial charge in [0.2, 0.25) is 0 Å². The standard InChI is InChI=1S/C18H16N6O2/c1-10-6-11(8-20)9-23-17(10)18(26)24-12-2-3-14(21)13(7-12)16(22)15(25)4-5-19/h2-7,9,19,22,25H,21H2,1H3,(H,24,26)/b15-4-,19-5?,22-16?. The van der Waals surface area contributed by atoms with Crippen LogP contribution >= 0.6 is 0 Å². The lowest BCUT2D eigenvalue weighted by molar-refractivity contribution is 0.102. The maximum Gasteiger partial charge on any atom is 0.274 e. The Morgan fingerprint density at radius 2 is 2.15 bits per heavy atom. The third kappa shape index (κ3) is 3.91. The quantitative estimate of drug-likeness (QED) is 0.318. The van der Waals surface area contributed by atoms with Crippen molar-refractivity contribution in [3.05, 3.63) is 64.7 Å². The molecule has 0 radical (unpaired) electrons. The second-order valence-electron chi connectivity index (χ2n) is 5.35. The maximum absolute atomic E-state index is 12.4. The van der Waals surface area contributed by atoms with E-state index in [9.17, 15) is 9.90 Å². The van der Waals surface area contributed by atoms with E-state index in [2.05, 4.69) is 10.3 Å². The largest absolute Gasteiger partial charge is 0.506 e. The summed E-state index contributed by atoms with van der Waals surface area (Å²) in [4.78, 5) is 16.4. The number of aliphatic hydroxyl groups excluding tert-OH is 1. The minimum Gasteiger partial charge on any atom is -0.506 e. The molecule has 0 fully saturated rings. The van der Waals surface area contributed by atoms with E-state index in [0.717, 1.165) is 12.3 Å². The van der Waals surface area contributed by atoms with E-state index in [0.29, 0.717) is 16.8 Å². The lowest BCUT2D eigenvalue weighted by Crippen LogP contribution is -2.16. The molecule has 1 amide bonds. The molecule has 0 saturated carbocycles. The van der Waals surface area contributed by atoms with Crippen molar-refractivity contribution in [1.82, 2.24) is 4.98 Å². The number of benzene rings is 1. The smallest absolute Gasteiger partial charge is 0.274 e. The Kier molecular flexibility index (Phi) is 5.45. The van der Waals surface area contributed by atoms with Gasteiger partial charge < -0.3 is 21.6 Å². The molecule has 26 heavy (non-hydrogen) atoms. The number of nitriles is 1. The summed E-state index contributed by atoms with van der Waals surface area (Å²) < 4.78 is 0. The number of anilines is 2. The molecular formula is C18H16N6O2. The lowest BCUT2D eigenvalue weighted by atomic mass is 10.0. The predicted octanol–water partition coefficient (Wildman–Crippen LogP) is 2.56. The van der Waals surface area contributed by atoms with Crippen LogP contribution in [0.1, 0.15) is 27.2 Å². The Labute approximate surface area is 149 Å². The van der Waals surface area contributed by atoms with Gasteiger partial charge in [-0.2, -0.15) is 5.26 Å². The summed E-state index contributed by atoms with van der Waals surface area (Å²) in [5.74, 6) is -0.895. The van der Waals surface area contributed by atoms with Crippen LogP contribution < -0.4 is 11.1 Å². The van der Waals surface area contributed by atoms with Crippen LogP contribution in [0, 0.1) is 29.1 Å². The number of aliphatic hydroxyl groups is 1. The first-order valence-electron chi connectivity index (χ1n) is 7.44. The second kappa shape index (κ2) is 7.72. The molecular weight excluding hydrogens is 332 g/mol. The van der Waals surface area contributed by atoms with Gasteiger partial charge in [0.1, 0.15) is 23.2 Å². The molecule has 0 atom stereocenters. The zero-order valence-electron chi connectivity index (χ0n) is 13.9. The highest BCUT2D eigenvalue weighted by atomic mass is 16.3. The fraction of sp³-hybridized carbons (Fsp3) is 0.0556. The number of nitrogens with two attached hydrogens (primary N) is 1. The van der Waals surface area contributed by atoms with Crippen molar-refractivity contribution in [2.75, 3.05) is 11.1 Å². The number of amides is 1. The van der Waals surface area contributed by atoms with Gasteiger partial charge in [-0.05, 0) is 42.8 Å². The van der Waals surface area contributed by atoms with Crippen LogP contribution in [-0.4, -0.2) is 27.9 Å². The number of allylic oxidation sites excluding steroid dienone is 2. The highest BCUT2D eigenvalue weighted by molar-refractivity contribution is 6.14. The van der Waals surface area contributed by atoms with E-state index < -0.39 is 11.7 Å². The number of nitrogens with one attached hydrogen (secondary N) is 3. The van der Waals surface area contributed by atoms with E-state index in [4.69, 9.17) is 21.8 Å². The van der Waals surface area contributed by atoms with E-state index in [1.165, 1.54) is 18.3 Å². The van der Waals surface area contributed by atoms with E-state index >= 15 is 0 Å². The average Bonchev–Trinajstić information content (AvgIpc) is 2.62. The summed E-state index contributed by atoms with van der Waals surface area (Å²) in [5, 5.41) is 36.1. The van der Waals surface area contributed by atoms with Gasteiger partial charge in [-0.15, -0.1) is 0 Å². The fourth-order valence-corrected chi connectivity index (χ4v) is 2.21. The first-order chi connectivity index (χ1) is 12.4. The summed E-state index contributed by atoms with van der Waals surface area (Å²) in [6.07, 6.45) is 3.22. The van der Waals surface area contributed by atoms with Gasteiger partial charge >= 0.3 is 0 Å². The molecule has 8 heteroatoms. The molecule has 0 aliphatic carbocycles. The highest BCUT2D eigenvalue weighted by Crippen LogP contribution is 2.21. The number of hydrogen-bond donors (Lipinski definition) is 5. The SMILES string of the molecule is Cc1cc(C#N)cnc1C(=O)Nc1ccc(N)c(C(=N)/C(O)=C/C=N)c1. The lowest BCUT2D eigenvalue weighted by Gasteiger charge is -2.11. The van der Waals surface area contributed by atoms with E-state index in [1.807, 2.05) is 6.07 Å². The first-order valence-corrected chi connectivity index (χ1v) is 7.44. The van der Waals surface area contributed by atoms with Gasteiger partial charge in [0.15, 0.2) is 0 Å². The Morgan fingerprint density at radius 1 is 1.42 bits per heavy atom. The number of pyridine rings is 1. The molecule has 0 unspecified atom stereocenters. The van der Waals surface area contributed by atoms with Crippen LogP contribution in [0.25, 0.3) is 0 Å². The normalized spacial score (nSPS) is 10.7. The minimum atomic E-state index is -0.478. The molecule has 0 saturated heterocycles. The van der Waals surface area contributed by atoms with Crippen molar-refractivity contribution in [3.63, 3.8) is 0 Å². The monoisotopic (exact) mass is 348 g/mol. The van der Waals surface area contributed by atoms with Crippen molar-refractivity contribution >= 4 is 29.2 Å². The Bertz CT molecular complexity index is 972. The van der Waals surface area contributed by atoms with Crippen molar-refractivity contribution in [3.8, 4) is 6.07 Å². The van der Waals surface area contributed by atoms with Crippen LogP contribution in [0.5, 0.6) is 0 Å². The van der Waals surface area contributed by atoms with Gasteiger partial charge in [0.05, 0.1) is 5.56 Å². The summed E-state index contributed by atoms with van der Waals surface area (Å²) in [5.41, 5.74) is 7.45. The summed E-state index contributed by atoms with van der Waals surface area (Å²) in [6, 6.07) is 8.01. The molecule has 1 heterocycles. The van der Waals surface area contributed by atoms with E-state index in [1.54, 1.807) is 19.1 Å². The molecule has 6 N–H and O–H groups in total. The number of hydrogen-bond acceptors (Lipinski definition) is 7. The zero-order valence-corrected chi connectivity index (χ0v) is 13.9. The third-order valence-corrected chi connectivity index (χ3v) is 3.50. The highest BCUT2D eigenvalue weighted by Gasteiger charge is 2.15. The van der Waals surface area contributed by atoms with Crippen LogP contribution in [0.2, 0.25) is 0 Å². The summed E-state index contributed by atoms with van der Waals surface area (Å²) >= 11 is 0. The Morgan fingerprint density at radius 3 is 2.77 bits per heavy atom. The molecule has 0 aliphatic heterocycles. The molecule has 0 spiro atoms. The van der Waals surface area contributed by atoms with Crippen molar-refractivity contribution in [2.45, 2.75) is 6.92 Å². The van der Waals surface area contributed by atoms with Gasteiger partial charge in [0, 0.05) is 29.3 Å². The number of aromatic nitrogens is 1. The number of carbonyl (C=O) groups is 1. The van der Waals surface area contributed by atoms with Gasteiger partial charge in [0.25, 0.3) is 5.91 Å². The fourth-order valence-electron chi connectivity index (χ4n) is 2.21. The Hall–Kier alpha value is -3.99. The molecule has 0 bridgehead atoms. The number of nitrogens with zero attached hydrogens (tertiary/aromatic N) is 2. The van der Waals surface area contributed by atoms with Crippen LogP contribution in [-0.2, 0) is 0 Å². The predicted molar refractivity (Wildman–Crippen MR) is 98.8 cm³/mol. The molecule has 2 rings (SSSR count). The van der Waals surface area contributed by atoms with Crippen LogP contribution in [0.15, 0.2) is 42.3 Å².